The molecular weight excluding hydrogens is 687 g/mol. The van der Waals surface area contributed by atoms with Gasteiger partial charge in [-0.15, -0.1) is 0 Å². The van der Waals surface area contributed by atoms with Gasteiger partial charge in [-0.05, 0) is 103 Å². The van der Waals surface area contributed by atoms with E-state index in [2.05, 4.69) is 45.5 Å². The first-order chi connectivity index (χ1) is 24.1. The number of hydrogen-bond acceptors (Lipinski definition) is 5. The van der Waals surface area contributed by atoms with Gasteiger partial charge in [0.2, 0.25) is 0 Å². The van der Waals surface area contributed by atoms with Crippen molar-refractivity contribution in [2.75, 3.05) is 37.6 Å². The number of hydrogen-bond donors (Lipinski definition) is 2. The Bertz CT molecular complexity index is 2080. The topological polar surface area (TPSA) is 77.7 Å². The quantitative estimate of drug-likeness (QED) is 0.158. The number of amides is 1. The summed E-state index contributed by atoms with van der Waals surface area (Å²) in [5.74, 6) is 0.491. The fourth-order valence-electron chi connectivity index (χ4n) is 6.88. The van der Waals surface area contributed by atoms with E-state index in [0.29, 0.717) is 27.0 Å². The van der Waals surface area contributed by atoms with Crippen molar-refractivity contribution in [3.05, 3.63) is 124 Å². The summed E-state index contributed by atoms with van der Waals surface area (Å²) >= 11 is 12.3. The highest BCUT2D eigenvalue weighted by Gasteiger charge is 2.29. The lowest BCUT2D eigenvalue weighted by molar-refractivity contribution is 0.0980. The second-order valence-corrected chi connectivity index (χ2v) is 15.9. The number of piperazine rings is 1. The number of nitrogens with one attached hydrogen (secondary N) is 2. The van der Waals surface area contributed by atoms with Crippen molar-refractivity contribution < 1.29 is 13.7 Å². The number of fused-ring (bicyclic) bond motifs is 1. The number of carbonyl (C=O) groups is 1. The first-order valence-corrected chi connectivity index (χ1v) is 18.8. The molecule has 0 radical (unpaired) electrons. The number of ether oxygens (including phenoxy) is 1. The van der Waals surface area contributed by atoms with E-state index < -0.39 is 16.9 Å². The van der Waals surface area contributed by atoms with Crippen LogP contribution in [0.25, 0.3) is 16.5 Å². The Morgan fingerprint density at radius 2 is 1.72 bits per heavy atom. The zero-order chi connectivity index (χ0) is 34.8. The van der Waals surface area contributed by atoms with Crippen LogP contribution in [-0.4, -0.2) is 52.7 Å². The summed E-state index contributed by atoms with van der Waals surface area (Å²) in [4.78, 5) is 22.0. The molecule has 2 heterocycles. The van der Waals surface area contributed by atoms with Crippen molar-refractivity contribution in [2.45, 2.75) is 38.0 Å². The molecule has 2 aliphatic rings. The van der Waals surface area contributed by atoms with E-state index in [4.69, 9.17) is 27.9 Å². The smallest absolute Gasteiger partial charge is 0.266 e. The van der Waals surface area contributed by atoms with Crippen LogP contribution < -0.4 is 14.4 Å². The maximum absolute atomic E-state index is 13.5. The van der Waals surface area contributed by atoms with E-state index in [1.807, 2.05) is 54.7 Å². The van der Waals surface area contributed by atoms with Crippen LogP contribution in [0.4, 0.5) is 5.69 Å². The van der Waals surface area contributed by atoms with Gasteiger partial charge in [-0.1, -0.05) is 60.8 Å². The molecule has 258 valence electrons. The van der Waals surface area contributed by atoms with Crippen molar-refractivity contribution in [3.63, 3.8) is 0 Å². The summed E-state index contributed by atoms with van der Waals surface area (Å²) < 4.78 is 22.1. The number of anilines is 1. The maximum atomic E-state index is 13.5. The van der Waals surface area contributed by atoms with Crippen LogP contribution in [0.1, 0.15) is 49.0 Å². The Hall–Kier alpha value is -4.08. The first-order valence-electron chi connectivity index (χ1n) is 16.9. The van der Waals surface area contributed by atoms with Crippen molar-refractivity contribution in [1.29, 1.82) is 0 Å². The van der Waals surface area contributed by atoms with Gasteiger partial charge in [0, 0.05) is 71.6 Å². The van der Waals surface area contributed by atoms with Crippen LogP contribution in [0.15, 0.2) is 108 Å². The third kappa shape index (κ3) is 7.94. The lowest BCUT2D eigenvalue weighted by atomic mass is 9.72. The third-order valence-electron chi connectivity index (χ3n) is 9.69. The minimum absolute atomic E-state index is 0.275. The summed E-state index contributed by atoms with van der Waals surface area (Å²) in [6.07, 6.45) is 5.23. The zero-order valence-electron chi connectivity index (χ0n) is 28.2. The van der Waals surface area contributed by atoms with Crippen molar-refractivity contribution in [2.24, 2.45) is 5.41 Å². The molecule has 7 nitrogen and oxygen atoms in total. The molecule has 1 aliphatic heterocycles. The van der Waals surface area contributed by atoms with Crippen molar-refractivity contribution in [3.8, 4) is 11.5 Å². The van der Waals surface area contributed by atoms with Crippen molar-refractivity contribution in [1.82, 2.24) is 14.6 Å². The number of aromatic amines is 1. The van der Waals surface area contributed by atoms with Crippen LogP contribution in [0.5, 0.6) is 11.5 Å². The molecule has 1 saturated heterocycles. The molecule has 1 fully saturated rings. The first kappa shape index (κ1) is 34.4. The predicted molar refractivity (Wildman–Crippen MR) is 205 cm³/mol. The van der Waals surface area contributed by atoms with Crippen LogP contribution in [0, 0.1) is 5.41 Å². The number of rotatable bonds is 9. The van der Waals surface area contributed by atoms with Gasteiger partial charge in [-0.3, -0.25) is 14.4 Å². The molecule has 1 atom stereocenters. The molecule has 0 saturated carbocycles. The van der Waals surface area contributed by atoms with Crippen molar-refractivity contribution >= 4 is 62.3 Å². The van der Waals surface area contributed by atoms with E-state index in [9.17, 15) is 9.00 Å². The van der Waals surface area contributed by atoms with Crippen LogP contribution in [0.2, 0.25) is 10.0 Å². The number of H-pyrrole nitrogens is 1. The maximum Gasteiger partial charge on any atom is 0.266 e. The number of halogens is 2. The van der Waals surface area contributed by atoms with E-state index in [-0.39, 0.29) is 5.41 Å². The monoisotopic (exact) mass is 726 g/mol. The minimum atomic E-state index is -1.80. The largest absolute Gasteiger partial charge is 0.456 e. The average molecular weight is 728 g/mol. The number of benzene rings is 4. The summed E-state index contributed by atoms with van der Waals surface area (Å²) in [5, 5.41) is 2.21. The summed E-state index contributed by atoms with van der Waals surface area (Å²) in [5.41, 5.74) is 6.80. The molecule has 1 unspecified atom stereocenters. The van der Waals surface area contributed by atoms with Crippen LogP contribution >= 0.6 is 23.2 Å². The Morgan fingerprint density at radius 1 is 0.920 bits per heavy atom. The second-order valence-electron chi connectivity index (χ2n) is 13.9. The molecule has 4 aromatic carbocycles. The lowest BCUT2D eigenvalue weighted by Gasteiger charge is -2.39. The molecule has 5 aromatic rings. The normalized spacial score (nSPS) is 17.2. The number of nitrogens with zero attached hydrogens (tertiary/aromatic N) is 2. The summed E-state index contributed by atoms with van der Waals surface area (Å²) in [6.45, 7) is 9.21. The fourth-order valence-corrected chi connectivity index (χ4v) is 8.09. The van der Waals surface area contributed by atoms with Gasteiger partial charge < -0.3 is 14.6 Å². The SMILES string of the molecule is CC1(C)CCC(CN2CCN(c3ccc(C(=O)NS(=O)c4cccc(Cl)c4)c(Oc4ccc5[nH]ccc5c4)c3)CC2)=C(c2ccc(Cl)cc2)C1. The predicted octanol–water partition coefficient (Wildman–Crippen LogP) is 9.51. The molecule has 0 bridgehead atoms. The Labute approximate surface area is 305 Å². The molecule has 1 aromatic heterocycles. The van der Waals surface area contributed by atoms with Gasteiger partial charge in [-0.2, -0.15) is 0 Å². The number of carbonyl (C=O) groups excluding carboxylic acids is 1. The lowest BCUT2D eigenvalue weighted by Crippen LogP contribution is -2.47. The second kappa shape index (κ2) is 14.6. The third-order valence-corrected chi connectivity index (χ3v) is 11.2. The van der Waals surface area contributed by atoms with Gasteiger partial charge in [0.15, 0.2) is 11.0 Å². The molecule has 2 N–H and O–H groups in total. The average Bonchev–Trinajstić information content (AvgIpc) is 3.58. The van der Waals surface area contributed by atoms with E-state index in [1.54, 1.807) is 30.3 Å². The van der Waals surface area contributed by atoms with Gasteiger partial charge in [-0.25, -0.2) is 4.21 Å². The molecule has 1 aliphatic carbocycles. The highest BCUT2D eigenvalue weighted by atomic mass is 35.5. The van der Waals surface area contributed by atoms with E-state index in [0.717, 1.165) is 67.2 Å². The Balaban J connectivity index is 1.09. The zero-order valence-corrected chi connectivity index (χ0v) is 30.5. The van der Waals surface area contributed by atoms with Crippen LogP contribution in [0.3, 0.4) is 0 Å². The summed E-state index contributed by atoms with van der Waals surface area (Å²) in [6, 6.07) is 28.3. The standard InChI is InChI=1S/C40H40Cl2N4O3S/c1-40(2)16-14-29(36(25-40)27-6-8-30(41)9-7-27)26-45-18-20-46(21-19-45)32-10-12-35(39(47)44-50(48)34-5-3-4-31(42)23-34)38(24-32)49-33-11-13-37-28(22-33)15-17-43-37/h3-13,15,17,22-24,43H,14,16,18-21,25-26H2,1-2H3,(H,44,47). The van der Waals surface area contributed by atoms with E-state index in [1.165, 1.54) is 23.1 Å². The minimum Gasteiger partial charge on any atom is -0.456 e. The molecule has 1 amide bonds. The molecule has 0 spiro atoms. The number of aromatic nitrogens is 1. The highest BCUT2D eigenvalue weighted by Crippen LogP contribution is 2.43. The Kier molecular flexibility index (Phi) is 10.1. The molecule has 7 rings (SSSR count). The highest BCUT2D eigenvalue weighted by molar-refractivity contribution is 7.83. The molecule has 10 heteroatoms. The number of allylic oxidation sites excluding steroid dienone is 1. The Morgan fingerprint density at radius 3 is 2.50 bits per heavy atom. The summed E-state index contributed by atoms with van der Waals surface area (Å²) in [7, 11) is -1.80. The van der Waals surface area contributed by atoms with E-state index >= 15 is 0 Å². The molecular formula is C40H40Cl2N4O3S. The van der Waals surface area contributed by atoms with Gasteiger partial charge >= 0.3 is 0 Å². The van der Waals surface area contributed by atoms with Gasteiger partial charge in [0.1, 0.15) is 11.5 Å². The fraction of sp³-hybridized carbons (Fsp3) is 0.275. The van der Waals surface area contributed by atoms with Gasteiger partial charge in [0.25, 0.3) is 5.91 Å². The van der Waals surface area contributed by atoms with Gasteiger partial charge in [0.05, 0.1) is 10.5 Å². The van der Waals surface area contributed by atoms with Crippen LogP contribution in [-0.2, 0) is 11.0 Å². The molecule has 50 heavy (non-hydrogen) atoms.